The van der Waals surface area contributed by atoms with E-state index < -0.39 is 161 Å². The highest BCUT2D eigenvalue weighted by Gasteiger charge is 2.47. The van der Waals surface area contributed by atoms with Gasteiger partial charge in [0, 0.05) is 69.4 Å². The molecule has 25 heteroatoms. The van der Waals surface area contributed by atoms with Gasteiger partial charge in [-0.1, -0.05) is 109 Å². The molecule has 0 unspecified atom stereocenters. The fourth-order valence-corrected chi connectivity index (χ4v) is 12.0. The minimum absolute atomic E-state index is 0.00744. The second-order valence-electron chi connectivity index (χ2n) is 28.7. The van der Waals surface area contributed by atoms with Crippen LogP contribution in [0.1, 0.15) is 176 Å². The smallest absolute Gasteiger partial charge is 0.246 e. The number of hydrogen-bond acceptors (Lipinski definition) is 14. The summed E-state index contributed by atoms with van der Waals surface area (Å²) in [5.74, 6) is -9.89. The van der Waals surface area contributed by atoms with Crippen molar-refractivity contribution in [2.24, 2.45) is 35.5 Å². The molecule has 1 aliphatic heterocycles. The largest absolute Gasteiger partial charge is 0.390 e. The van der Waals surface area contributed by atoms with Crippen molar-refractivity contribution in [1.82, 2.24) is 60.5 Å². The third-order valence-corrected chi connectivity index (χ3v) is 18.5. The van der Waals surface area contributed by atoms with Gasteiger partial charge in [-0.15, -0.1) is 0 Å². The Kier molecular flexibility index (Phi) is 35.7. The van der Waals surface area contributed by atoms with E-state index in [1.165, 1.54) is 99.7 Å². The lowest BCUT2D eigenvalue weighted by Gasteiger charge is -2.42. The second-order valence-corrected chi connectivity index (χ2v) is 28.7. The molecule has 1 fully saturated rings. The molecule has 1 aliphatic rings. The molecule has 5 N–H and O–H groups in total. The predicted molar refractivity (Wildman–Crippen MR) is 366 cm³/mol. The lowest BCUT2D eigenvalue weighted by atomic mass is 9.91. The van der Waals surface area contributed by atoms with Gasteiger partial charge < -0.3 is 70.3 Å². The maximum Gasteiger partial charge on any atom is 0.246 e. The maximum atomic E-state index is 15.5. The standard InChI is InChI=1S/C69H126N12O13/c1-28-32-33-45(15)57(82)56-61(86)72-48(29-2)63(88)74(20)49(34-35-81(30-3)31-4)64(89)78(24)53(39-69(18,19)94-27)60(85)73-54(43(11)12)67(92)75(21)50(36-40(5)6)59(84)70-46(16)58(83)71-47(17)62(87)76(22)51(37-41(7)8)65(90)77(23)52(38-42(9)10)66(91)79(25)55(44(13)14)68(93)80(56)26/h28,32,40-57,82H,29-31,33-39H2,1-27H3,(H,70,84)(H,71,83)(H,72,86)(H,73,85)/t45-,46+,47-,48+,49-,50+,51+,52+,53+,54+,55+,56+,57-/m1/s1. The number of carbonyl (C=O) groups excluding carboxylic acids is 11. The highest BCUT2D eigenvalue weighted by atomic mass is 16.5. The Bertz CT molecular complexity index is 2560. The lowest BCUT2D eigenvalue weighted by molar-refractivity contribution is -0.157. The number of ether oxygens (including phenoxy) is 1. The number of likely N-dealkylation sites (N-methyl/N-ethyl adjacent to an activating group) is 7. The quantitative estimate of drug-likeness (QED) is 0.101. The van der Waals surface area contributed by atoms with Crippen molar-refractivity contribution < 1.29 is 62.6 Å². The number of methoxy groups -OCH3 is 1. The summed E-state index contributed by atoms with van der Waals surface area (Å²) >= 11 is 0. The third kappa shape index (κ3) is 23.9. The Labute approximate surface area is 564 Å². The fourth-order valence-electron chi connectivity index (χ4n) is 12.0. The number of nitrogens with one attached hydrogen (secondary N) is 4. The van der Waals surface area contributed by atoms with Crippen molar-refractivity contribution >= 4 is 65.0 Å². The monoisotopic (exact) mass is 1330 g/mol. The summed E-state index contributed by atoms with van der Waals surface area (Å²) in [7, 11) is 11.5. The topological polar surface area (TPSA) is 291 Å². The first kappa shape index (κ1) is 85.8. The molecular formula is C69H126N12O13. The van der Waals surface area contributed by atoms with Crippen molar-refractivity contribution in [2.45, 2.75) is 255 Å². The summed E-state index contributed by atoms with van der Waals surface area (Å²) in [6.07, 6.45) is 2.77. The van der Waals surface area contributed by atoms with Crippen LogP contribution in [0.4, 0.5) is 0 Å². The molecule has 11 amide bonds. The van der Waals surface area contributed by atoms with Crippen molar-refractivity contribution in [1.29, 1.82) is 0 Å². The number of aliphatic hydroxyl groups excluding tert-OH is 1. The van der Waals surface area contributed by atoms with E-state index in [-0.39, 0.29) is 56.3 Å². The fraction of sp³-hybridized carbons (Fsp3) is 0.812. The number of amides is 11. The van der Waals surface area contributed by atoms with E-state index in [1.807, 2.05) is 61.5 Å². The Morgan fingerprint density at radius 3 is 1.38 bits per heavy atom. The van der Waals surface area contributed by atoms with E-state index in [9.17, 15) is 24.3 Å². The summed E-state index contributed by atoms with van der Waals surface area (Å²) in [6.45, 7) is 35.2. The van der Waals surface area contributed by atoms with E-state index in [0.29, 0.717) is 26.1 Å². The zero-order valence-corrected chi connectivity index (χ0v) is 62.5. The molecule has 0 aromatic rings. The summed E-state index contributed by atoms with van der Waals surface area (Å²) in [5.41, 5.74) is -1.04. The van der Waals surface area contributed by atoms with E-state index in [0.717, 1.165) is 4.90 Å². The molecule has 0 bridgehead atoms. The zero-order valence-electron chi connectivity index (χ0n) is 62.5. The van der Waals surface area contributed by atoms with Crippen LogP contribution in [-0.2, 0) is 57.5 Å². The minimum atomic E-state index is -1.65. The summed E-state index contributed by atoms with van der Waals surface area (Å²) in [5, 5.41) is 23.5. The summed E-state index contributed by atoms with van der Waals surface area (Å²) in [4.78, 5) is 175. The van der Waals surface area contributed by atoms with Gasteiger partial charge in [-0.25, -0.2) is 0 Å². The maximum absolute atomic E-state index is 15.5. The van der Waals surface area contributed by atoms with Gasteiger partial charge in [0.25, 0.3) is 0 Å². The van der Waals surface area contributed by atoms with Gasteiger partial charge >= 0.3 is 0 Å². The van der Waals surface area contributed by atoms with Crippen molar-refractivity contribution in [3.63, 3.8) is 0 Å². The van der Waals surface area contributed by atoms with Gasteiger partial charge in [0.05, 0.1) is 11.7 Å². The van der Waals surface area contributed by atoms with E-state index in [1.54, 1.807) is 68.4 Å². The molecule has 0 aromatic carbocycles. The molecule has 540 valence electrons. The lowest BCUT2D eigenvalue weighted by Crippen LogP contribution is -2.64. The number of aliphatic hydroxyl groups is 1. The molecular weight excluding hydrogens is 1200 g/mol. The number of nitrogens with zero attached hydrogens (tertiary/aromatic N) is 8. The normalized spacial score (nSPS) is 26.5. The number of carbonyl (C=O) groups is 11. The first-order chi connectivity index (χ1) is 43.5. The van der Waals surface area contributed by atoms with Gasteiger partial charge in [0.15, 0.2) is 0 Å². The molecule has 0 spiro atoms. The molecule has 1 rings (SSSR count). The summed E-state index contributed by atoms with van der Waals surface area (Å²) in [6, 6.07) is -14.1. The molecule has 0 saturated carbocycles. The Hall–Kier alpha value is -6.21. The molecule has 1 saturated heterocycles. The highest BCUT2D eigenvalue weighted by molar-refractivity contribution is 6.00. The molecule has 1 heterocycles. The third-order valence-electron chi connectivity index (χ3n) is 18.5. The summed E-state index contributed by atoms with van der Waals surface area (Å²) < 4.78 is 5.84. The van der Waals surface area contributed by atoms with Crippen LogP contribution in [-0.4, -0.2) is 264 Å². The minimum Gasteiger partial charge on any atom is -0.390 e. The Morgan fingerprint density at radius 2 is 0.926 bits per heavy atom. The molecule has 25 nitrogen and oxygen atoms in total. The number of hydrogen-bond donors (Lipinski definition) is 5. The molecule has 0 radical (unpaired) electrons. The van der Waals surface area contributed by atoms with Gasteiger partial charge in [0.1, 0.15) is 66.5 Å². The van der Waals surface area contributed by atoms with Crippen LogP contribution in [0.25, 0.3) is 0 Å². The van der Waals surface area contributed by atoms with Gasteiger partial charge in [-0.3, -0.25) is 52.7 Å². The Morgan fingerprint density at radius 1 is 0.500 bits per heavy atom. The average molecular weight is 1330 g/mol. The van der Waals surface area contributed by atoms with Crippen molar-refractivity contribution in [3.05, 3.63) is 12.2 Å². The number of allylic oxidation sites excluding steroid dienone is 2. The van der Waals surface area contributed by atoms with Gasteiger partial charge in [-0.05, 0) is 122 Å². The molecule has 94 heavy (non-hydrogen) atoms. The van der Waals surface area contributed by atoms with Gasteiger partial charge in [-0.2, -0.15) is 0 Å². The van der Waals surface area contributed by atoms with Crippen LogP contribution in [0.5, 0.6) is 0 Å². The number of rotatable bonds is 21. The molecule has 0 aliphatic carbocycles. The first-order valence-corrected chi connectivity index (χ1v) is 34.1. The van der Waals surface area contributed by atoms with Gasteiger partial charge in [0.2, 0.25) is 65.0 Å². The van der Waals surface area contributed by atoms with E-state index >= 15 is 33.6 Å². The van der Waals surface area contributed by atoms with Crippen LogP contribution < -0.4 is 21.3 Å². The molecule has 13 atom stereocenters. The van der Waals surface area contributed by atoms with Crippen molar-refractivity contribution in [2.75, 3.05) is 76.1 Å². The first-order valence-electron chi connectivity index (χ1n) is 34.1. The highest BCUT2D eigenvalue weighted by Crippen LogP contribution is 2.27. The predicted octanol–water partition coefficient (Wildman–Crippen LogP) is 4.14. The van der Waals surface area contributed by atoms with Crippen LogP contribution in [0.2, 0.25) is 0 Å². The molecule has 0 aromatic heterocycles. The van der Waals surface area contributed by atoms with Crippen molar-refractivity contribution in [3.8, 4) is 0 Å². The Balaban J connectivity index is 4.62. The zero-order chi connectivity index (χ0) is 72.9. The van der Waals surface area contributed by atoms with Crippen LogP contribution >= 0.6 is 0 Å². The second kappa shape index (κ2) is 39.1. The van der Waals surface area contributed by atoms with E-state index in [4.69, 9.17) is 4.74 Å². The van der Waals surface area contributed by atoms with E-state index in [2.05, 4.69) is 26.2 Å². The SMILES string of the molecule is CC=CC[C@@H](C)[C@@H](O)[C@H]1C(=O)N[C@@H](CC)C(=O)N(C)[C@H](CCN(CC)CC)C(=O)N(C)[C@@H](CC(C)(C)OC)C(=O)N[C@@H](C(C)C)C(=O)N(C)[C@@H](CC(C)C)C(=O)N[C@@H](C)C(=O)N[C@H](C)C(=O)N(C)[C@@H](CC(C)C)C(=O)N(C)[C@@H](CC(C)C)C(=O)N(C)[C@@H](C(C)C)C(=O)N1C. The van der Waals surface area contributed by atoms with Crippen LogP contribution in [0, 0.1) is 35.5 Å². The average Bonchev–Trinajstić information content (AvgIpc) is 0.813. The van der Waals surface area contributed by atoms with Crippen LogP contribution in [0.15, 0.2) is 12.2 Å². The van der Waals surface area contributed by atoms with Crippen LogP contribution in [0.3, 0.4) is 0 Å².